The van der Waals surface area contributed by atoms with E-state index in [0.29, 0.717) is 12.8 Å². The van der Waals surface area contributed by atoms with Crippen LogP contribution in [-0.4, -0.2) is 72.3 Å². The zero-order valence-corrected chi connectivity index (χ0v) is 19.0. The molecule has 172 valence electrons. The molecule has 0 saturated carbocycles. The number of nitrogens with zero attached hydrogens (tertiary/aromatic N) is 4. The number of rotatable bonds is 4. The number of hydrogen-bond donors (Lipinski definition) is 2. The van der Waals surface area contributed by atoms with Crippen molar-refractivity contribution in [1.82, 2.24) is 25.3 Å². The van der Waals surface area contributed by atoms with Crippen molar-refractivity contribution in [3.63, 3.8) is 0 Å². The summed E-state index contributed by atoms with van der Waals surface area (Å²) < 4.78 is 1.92. The van der Waals surface area contributed by atoms with E-state index in [2.05, 4.69) is 38.6 Å². The monoisotopic (exact) mass is 438 g/mol. The number of imide groups is 1. The number of anilines is 1. The Morgan fingerprint density at radius 1 is 1.06 bits per heavy atom. The normalized spacial score (nSPS) is 24.0. The number of carbonyl (C=O) groups is 2. The van der Waals surface area contributed by atoms with Crippen molar-refractivity contribution < 1.29 is 9.59 Å². The smallest absolute Gasteiger partial charge is 0.235 e. The molecular formula is C24H34N6O2. The molecule has 0 radical (unpaired) electrons. The molecule has 1 aromatic carbocycles. The Hall–Kier alpha value is -2.45. The van der Waals surface area contributed by atoms with Crippen LogP contribution in [0.15, 0.2) is 18.2 Å². The maximum atomic E-state index is 12.5. The molecule has 1 aromatic heterocycles. The van der Waals surface area contributed by atoms with Crippen LogP contribution in [0.3, 0.4) is 0 Å². The number of aromatic nitrogens is 2. The van der Waals surface area contributed by atoms with Crippen molar-refractivity contribution in [2.24, 2.45) is 13.0 Å². The zero-order chi connectivity index (χ0) is 22.1. The van der Waals surface area contributed by atoms with Gasteiger partial charge in [0.05, 0.1) is 22.8 Å². The first-order valence-corrected chi connectivity index (χ1v) is 12.1. The summed E-state index contributed by atoms with van der Waals surface area (Å²) in [7, 11) is 1.96. The second-order valence-electron chi connectivity index (χ2n) is 9.52. The van der Waals surface area contributed by atoms with Crippen molar-refractivity contribution >= 4 is 28.4 Å². The first kappa shape index (κ1) is 21.4. The van der Waals surface area contributed by atoms with Crippen LogP contribution in [0.5, 0.6) is 0 Å². The summed E-state index contributed by atoms with van der Waals surface area (Å²) in [5, 5.41) is 11.7. The highest BCUT2D eigenvalue weighted by atomic mass is 16.2. The number of piperidine rings is 2. The van der Waals surface area contributed by atoms with Gasteiger partial charge in [-0.3, -0.25) is 19.6 Å². The molecule has 3 aliphatic rings. The minimum atomic E-state index is -0.361. The minimum absolute atomic E-state index is 0.188. The summed E-state index contributed by atoms with van der Waals surface area (Å²) in [6.07, 6.45) is 4.56. The average molecular weight is 439 g/mol. The Morgan fingerprint density at radius 3 is 2.72 bits per heavy atom. The predicted molar refractivity (Wildman–Crippen MR) is 125 cm³/mol. The molecule has 2 amide bonds. The van der Waals surface area contributed by atoms with Gasteiger partial charge < -0.3 is 15.1 Å². The molecule has 3 fully saturated rings. The summed E-state index contributed by atoms with van der Waals surface area (Å²) in [4.78, 5) is 29.2. The second-order valence-corrected chi connectivity index (χ2v) is 9.52. The van der Waals surface area contributed by atoms with E-state index in [1.54, 1.807) is 0 Å². The van der Waals surface area contributed by atoms with Crippen molar-refractivity contribution in [3.8, 4) is 0 Å². The lowest BCUT2D eigenvalue weighted by Gasteiger charge is -2.36. The predicted octanol–water partition coefficient (Wildman–Crippen LogP) is 1.61. The maximum Gasteiger partial charge on any atom is 0.235 e. The highest BCUT2D eigenvalue weighted by Crippen LogP contribution is 2.36. The lowest BCUT2D eigenvalue weighted by atomic mass is 9.92. The molecule has 5 rings (SSSR count). The largest absolute Gasteiger partial charge is 0.370 e. The van der Waals surface area contributed by atoms with Crippen LogP contribution in [-0.2, 0) is 16.6 Å². The Labute approximate surface area is 189 Å². The van der Waals surface area contributed by atoms with E-state index in [1.807, 2.05) is 11.7 Å². The number of para-hydroxylation sites is 1. The van der Waals surface area contributed by atoms with E-state index in [1.165, 1.54) is 38.0 Å². The Bertz CT molecular complexity index is 986. The van der Waals surface area contributed by atoms with E-state index >= 15 is 0 Å². The van der Waals surface area contributed by atoms with Crippen LogP contribution in [0.4, 0.5) is 5.69 Å². The Balaban J connectivity index is 1.31. The van der Waals surface area contributed by atoms with Crippen molar-refractivity contribution in [3.05, 3.63) is 23.9 Å². The summed E-state index contributed by atoms with van der Waals surface area (Å²) in [5.41, 5.74) is 3.08. The molecule has 0 bridgehead atoms. The average Bonchev–Trinajstić information content (AvgIpc) is 2.95. The Morgan fingerprint density at radius 2 is 1.91 bits per heavy atom. The zero-order valence-electron chi connectivity index (χ0n) is 19.0. The highest BCUT2D eigenvalue weighted by molar-refractivity contribution is 6.03. The lowest BCUT2D eigenvalue weighted by Crippen LogP contribution is -2.40. The molecule has 0 aliphatic carbocycles. The van der Waals surface area contributed by atoms with Crippen molar-refractivity contribution in [2.75, 3.05) is 50.7 Å². The number of nitrogens with one attached hydrogen (secondary N) is 2. The standard InChI is InChI=1S/C24H34N6O2/c1-28-23-18(22(27-28)19-6-7-21(31)26-24(19)32)4-2-5-20(23)30-13-8-17(9-14-30)16-29-12-3-10-25-11-15-29/h2,4-5,17,19,25H,3,6-16H2,1H3,(H,26,31,32). The fraction of sp³-hybridized carbons (Fsp3) is 0.625. The molecule has 2 N–H and O–H groups in total. The van der Waals surface area contributed by atoms with Gasteiger partial charge in [-0.2, -0.15) is 5.10 Å². The molecule has 3 aliphatic heterocycles. The number of benzene rings is 1. The maximum absolute atomic E-state index is 12.5. The SMILES string of the molecule is Cn1nc(C2CCC(=O)NC2=O)c2cccc(N3CCC(CN4CCCNCC4)CC3)c21. The molecule has 8 nitrogen and oxygen atoms in total. The number of amides is 2. The van der Waals surface area contributed by atoms with Crippen molar-refractivity contribution in [1.29, 1.82) is 0 Å². The van der Waals surface area contributed by atoms with Gasteiger partial charge in [0.25, 0.3) is 0 Å². The lowest BCUT2D eigenvalue weighted by molar-refractivity contribution is -0.134. The van der Waals surface area contributed by atoms with Gasteiger partial charge in [0.2, 0.25) is 11.8 Å². The fourth-order valence-corrected chi connectivity index (χ4v) is 5.62. The van der Waals surface area contributed by atoms with Crippen LogP contribution in [0.1, 0.15) is 43.7 Å². The van der Waals surface area contributed by atoms with Crippen LogP contribution >= 0.6 is 0 Å². The molecule has 0 spiro atoms. The quantitative estimate of drug-likeness (QED) is 0.706. The molecule has 8 heteroatoms. The van der Waals surface area contributed by atoms with Gasteiger partial charge in [0.1, 0.15) is 0 Å². The molecule has 32 heavy (non-hydrogen) atoms. The van der Waals surface area contributed by atoms with Crippen LogP contribution < -0.4 is 15.5 Å². The number of aryl methyl sites for hydroxylation is 1. The molecule has 2 aromatic rings. The van der Waals surface area contributed by atoms with E-state index in [0.717, 1.165) is 55.2 Å². The van der Waals surface area contributed by atoms with Gasteiger partial charge in [0, 0.05) is 51.6 Å². The summed E-state index contributed by atoms with van der Waals surface area (Å²) in [6, 6.07) is 6.31. The van der Waals surface area contributed by atoms with E-state index in [-0.39, 0.29) is 17.7 Å². The van der Waals surface area contributed by atoms with Crippen LogP contribution in [0, 0.1) is 5.92 Å². The van der Waals surface area contributed by atoms with E-state index in [9.17, 15) is 9.59 Å². The summed E-state index contributed by atoms with van der Waals surface area (Å²) >= 11 is 0. The number of fused-ring (bicyclic) bond motifs is 1. The highest BCUT2D eigenvalue weighted by Gasteiger charge is 2.32. The van der Waals surface area contributed by atoms with Gasteiger partial charge >= 0.3 is 0 Å². The van der Waals surface area contributed by atoms with Gasteiger partial charge in [-0.15, -0.1) is 0 Å². The van der Waals surface area contributed by atoms with E-state index < -0.39 is 0 Å². The molecular weight excluding hydrogens is 404 g/mol. The second kappa shape index (κ2) is 9.19. The van der Waals surface area contributed by atoms with Crippen LogP contribution in [0.2, 0.25) is 0 Å². The number of hydrogen-bond acceptors (Lipinski definition) is 6. The molecule has 3 saturated heterocycles. The first-order chi connectivity index (χ1) is 15.6. The third-order valence-electron chi connectivity index (χ3n) is 7.35. The van der Waals surface area contributed by atoms with Gasteiger partial charge in [-0.05, 0) is 50.8 Å². The number of carbonyl (C=O) groups excluding carboxylic acids is 2. The molecule has 1 unspecified atom stereocenters. The summed E-state index contributed by atoms with van der Waals surface area (Å²) in [6.45, 7) is 7.94. The molecule has 4 heterocycles. The van der Waals surface area contributed by atoms with Gasteiger partial charge in [-0.1, -0.05) is 12.1 Å². The molecule has 1 atom stereocenters. The van der Waals surface area contributed by atoms with Crippen molar-refractivity contribution in [2.45, 2.75) is 38.0 Å². The first-order valence-electron chi connectivity index (χ1n) is 12.1. The third kappa shape index (κ3) is 4.26. The Kier molecular flexibility index (Phi) is 6.15. The van der Waals surface area contributed by atoms with Gasteiger partial charge in [-0.25, -0.2) is 0 Å². The summed E-state index contributed by atoms with van der Waals surface area (Å²) in [5.74, 6) is -0.0164. The topological polar surface area (TPSA) is 82.5 Å². The van der Waals surface area contributed by atoms with E-state index in [4.69, 9.17) is 5.10 Å². The minimum Gasteiger partial charge on any atom is -0.370 e. The van der Waals surface area contributed by atoms with Gasteiger partial charge in [0.15, 0.2) is 0 Å². The van der Waals surface area contributed by atoms with Crippen LogP contribution in [0.25, 0.3) is 10.9 Å². The fourth-order valence-electron chi connectivity index (χ4n) is 5.62. The third-order valence-corrected chi connectivity index (χ3v) is 7.35.